The van der Waals surface area contributed by atoms with Crippen molar-refractivity contribution >= 4 is 39.6 Å². The molecule has 2 rings (SSSR count). The van der Waals surface area contributed by atoms with Crippen LogP contribution >= 0.6 is 27.7 Å². The highest BCUT2D eigenvalue weighted by Crippen LogP contribution is 2.22. The van der Waals surface area contributed by atoms with Gasteiger partial charge in [-0.25, -0.2) is 0 Å². The number of piperidine rings is 1. The quantitative estimate of drug-likeness (QED) is 0.841. The van der Waals surface area contributed by atoms with Crippen molar-refractivity contribution in [2.75, 3.05) is 18.8 Å². The summed E-state index contributed by atoms with van der Waals surface area (Å²) in [6.07, 6.45) is 1.44. The van der Waals surface area contributed by atoms with E-state index in [1.807, 2.05) is 24.3 Å². The molecule has 1 atom stereocenters. The first-order valence-electron chi connectivity index (χ1n) is 6.45. The van der Waals surface area contributed by atoms with E-state index in [0.29, 0.717) is 25.3 Å². The molecule has 0 radical (unpaired) electrons. The van der Waals surface area contributed by atoms with Gasteiger partial charge in [-0.2, -0.15) is 0 Å². The van der Waals surface area contributed by atoms with Crippen molar-refractivity contribution in [1.82, 2.24) is 4.90 Å². The van der Waals surface area contributed by atoms with Crippen molar-refractivity contribution in [2.24, 2.45) is 5.92 Å². The summed E-state index contributed by atoms with van der Waals surface area (Å²) >= 11 is 4.85. The second kappa shape index (κ2) is 7.13. The van der Waals surface area contributed by atoms with E-state index in [1.165, 1.54) is 11.8 Å². The number of hydrogen-bond donors (Lipinski definition) is 1. The topological polar surface area (TPSA) is 57.6 Å². The van der Waals surface area contributed by atoms with Gasteiger partial charge in [0, 0.05) is 22.5 Å². The molecule has 1 aliphatic heterocycles. The molecule has 0 bridgehead atoms. The average Bonchev–Trinajstić information content (AvgIpc) is 2.46. The minimum absolute atomic E-state index is 0.0175. The van der Waals surface area contributed by atoms with E-state index < -0.39 is 11.9 Å². The van der Waals surface area contributed by atoms with E-state index >= 15 is 0 Å². The molecule has 20 heavy (non-hydrogen) atoms. The first kappa shape index (κ1) is 15.4. The lowest BCUT2D eigenvalue weighted by molar-refractivity contribution is -0.145. The van der Waals surface area contributed by atoms with Gasteiger partial charge in [0.05, 0.1) is 11.7 Å². The number of likely N-dealkylation sites (tertiary alicyclic amines) is 1. The highest BCUT2D eigenvalue weighted by Gasteiger charge is 2.27. The fourth-order valence-electron chi connectivity index (χ4n) is 2.17. The Bertz CT molecular complexity index is 492. The van der Waals surface area contributed by atoms with Crippen molar-refractivity contribution in [2.45, 2.75) is 17.7 Å². The Morgan fingerprint density at radius 3 is 2.70 bits per heavy atom. The van der Waals surface area contributed by atoms with E-state index in [-0.39, 0.29) is 5.91 Å². The first-order chi connectivity index (χ1) is 9.56. The maximum Gasteiger partial charge on any atom is 0.308 e. The van der Waals surface area contributed by atoms with Gasteiger partial charge in [-0.3, -0.25) is 9.59 Å². The molecular weight excluding hydrogens is 342 g/mol. The highest BCUT2D eigenvalue weighted by atomic mass is 79.9. The molecule has 1 fully saturated rings. The molecule has 4 nitrogen and oxygen atoms in total. The third-order valence-corrected chi connectivity index (χ3v) is 4.82. The summed E-state index contributed by atoms with van der Waals surface area (Å²) in [5.74, 6) is -0.842. The number of hydrogen-bond acceptors (Lipinski definition) is 3. The van der Waals surface area contributed by atoms with Gasteiger partial charge in [0.2, 0.25) is 5.91 Å². The van der Waals surface area contributed by atoms with Crippen LogP contribution in [0.5, 0.6) is 0 Å². The number of thioether (sulfide) groups is 1. The highest BCUT2D eigenvalue weighted by molar-refractivity contribution is 9.10. The Morgan fingerprint density at radius 1 is 1.35 bits per heavy atom. The fourth-order valence-corrected chi connectivity index (χ4v) is 3.24. The molecule has 1 amide bonds. The van der Waals surface area contributed by atoms with Crippen LogP contribution in [0.15, 0.2) is 33.6 Å². The standard InChI is InChI=1S/C14H16BrNO3S/c15-11-3-5-12(6-4-11)20-9-13(17)16-7-1-2-10(8-16)14(18)19/h3-6,10H,1-2,7-9H2,(H,18,19)/t10-/m0/s1. The van der Waals surface area contributed by atoms with Gasteiger partial charge in [-0.1, -0.05) is 15.9 Å². The van der Waals surface area contributed by atoms with Crippen molar-refractivity contribution in [3.8, 4) is 0 Å². The largest absolute Gasteiger partial charge is 0.481 e. The Hall–Kier alpha value is -1.01. The number of carbonyl (C=O) groups is 2. The average molecular weight is 358 g/mol. The summed E-state index contributed by atoms with van der Waals surface area (Å²) in [5.41, 5.74) is 0. The zero-order valence-electron chi connectivity index (χ0n) is 10.9. The number of carboxylic acid groups (broad SMARTS) is 1. The van der Waals surface area contributed by atoms with Gasteiger partial charge in [0.1, 0.15) is 0 Å². The van der Waals surface area contributed by atoms with Crippen LogP contribution in [0, 0.1) is 5.92 Å². The summed E-state index contributed by atoms with van der Waals surface area (Å²) in [6, 6.07) is 7.79. The number of halogens is 1. The van der Waals surface area contributed by atoms with Crippen LogP contribution in [0.1, 0.15) is 12.8 Å². The van der Waals surface area contributed by atoms with Gasteiger partial charge >= 0.3 is 5.97 Å². The van der Waals surface area contributed by atoms with Crippen LogP contribution in [0.3, 0.4) is 0 Å². The molecule has 0 spiro atoms. The second-order valence-electron chi connectivity index (χ2n) is 4.76. The molecule has 1 aromatic rings. The minimum Gasteiger partial charge on any atom is -0.481 e. The van der Waals surface area contributed by atoms with E-state index in [1.54, 1.807) is 4.90 Å². The Kier molecular flexibility index (Phi) is 5.48. The van der Waals surface area contributed by atoms with Gasteiger partial charge in [0.25, 0.3) is 0 Å². The van der Waals surface area contributed by atoms with Crippen LogP contribution in [-0.2, 0) is 9.59 Å². The molecule has 0 unspecified atom stereocenters. The lowest BCUT2D eigenvalue weighted by Crippen LogP contribution is -2.43. The number of amides is 1. The lowest BCUT2D eigenvalue weighted by Gasteiger charge is -2.30. The normalized spacial score (nSPS) is 18.9. The summed E-state index contributed by atoms with van der Waals surface area (Å²) in [5, 5.41) is 9.02. The summed E-state index contributed by atoms with van der Waals surface area (Å²) in [7, 11) is 0. The third-order valence-electron chi connectivity index (χ3n) is 3.30. The maximum atomic E-state index is 12.1. The fraction of sp³-hybridized carbons (Fsp3) is 0.429. The lowest BCUT2D eigenvalue weighted by atomic mass is 9.98. The first-order valence-corrected chi connectivity index (χ1v) is 8.23. The molecule has 0 aliphatic carbocycles. The zero-order chi connectivity index (χ0) is 14.5. The molecular formula is C14H16BrNO3S. The summed E-state index contributed by atoms with van der Waals surface area (Å²) in [6.45, 7) is 1.01. The van der Waals surface area contributed by atoms with Crippen LogP contribution < -0.4 is 0 Å². The second-order valence-corrected chi connectivity index (χ2v) is 6.72. The molecule has 1 N–H and O–H groups in total. The maximum absolute atomic E-state index is 12.1. The predicted molar refractivity (Wildman–Crippen MR) is 81.8 cm³/mol. The van der Waals surface area contributed by atoms with Crippen molar-refractivity contribution < 1.29 is 14.7 Å². The van der Waals surface area contributed by atoms with Crippen LogP contribution in [0.2, 0.25) is 0 Å². The molecule has 1 saturated heterocycles. The Morgan fingerprint density at radius 2 is 2.05 bits per heavy atom. The van der Waals surface area contributed by atoms with Gasteiger partial charge in [-0.15, -0.1) is 11.8 Å². The number of nitrogens with zero attached hydrogens (tertiary/aromatic N) is 1. The Labute approximate surface area is 130 Å². The number of carboxylic acids is 1. The molecule has 0 aromatic heterocycles. The molecule has 1 aliphatic rings. The zero-order valence-corrected chi connectivity index (χ0v) is 13.3. The van der Waals surface area contributed by atoms with Gasteiger partial charge in [0.15, 0.2) is 0 Å². The number of carbonyl (C=O) groups excluding carboxylic acids is 1. The van der Waals surface area contributed by atoms with Crippen molar-refractivity contribution in [3.63, 3.8) is 0 Å². The van der Waals surface area contributed by atoms with Crippen LogP contribution in [0.4, 0.5) is 0 Å². The number of rotatable bonds is 4. The number of benzene rings is 1. The van der Waals surface area contributed by atoms with Gasteiger partial charge < -0.3 is 10.0 Å². The third kappa shape index (κ3) is 4.24. The van der Waals surface area contributed by atoms with Crippen molar-refractivity contribution in [1.29, 1.82) is 0 Å². The molecule has 1 aromatic carbocycles. The smallest absolute Gasteiger partial charge is 0.308 e. The van der Waals surface area contributed by atoms with E-state index in [4.69, 9.17) is 5.11 Å². The van der Waals surface area contributed by atoms with Crippen LogP contribution in [0.25, 0.3) is 0 Å². The number of aliphatic carboxylic acids is 1. The predicted octanol–water partition coefficient (Wildman–Crippen LogP) is 2.86. The van der Waals surface area contributed by atoms with Crippen molar-refractivity contribution in [3.05, 3.63) is 28.7 Å². The summed E-state index contributed by atoms with van der Waals surface area (Å²) < 4.78 is 1.01. The monoisotopic (exact) mass is 357 g/mol. The van der Waals surface area contributed by atoms with E-state index in [2.05, 4.69) is 15.9 Å². The SMILES string of the molecule is O=C(O)[C@H]1CCCN(C(=O)CSc2ccc(Br)cc2)C1. The molecule has 108 valence electrons. The minimum atomic E-state index is -0.803. The van der Waals surface area contributed by atoms with Gasteiger partial charge in [-0.05, 0) is 37.1 Å². The van der Waals surface area contributed by atoms with E-state index in [0.717, 1.165) is 15.8 Å². The summed E-state index contributed by atoms with van der Waals surface area (Å²) in [4.78, 5) is 25.8. The Balaban J connectivity index is 1.85. The molecule has 6 heteroatoms. The van der Waals surface area contributed by atoms with Crippen LogP contribution in [-0.4, -0.2) is 40.7 Å². The van der Waals surface area contributed by atoms with E-state index in [9.17, 15) is 9.59 Å². The molecule has 0 saturated carbocycles. The molecule has 1 heterocycles.